The molecule has 6 heteroatoms. The zero-order valence-corrected chi connectivity index (χ0v) is 16.5. The van der Waals surface area contributed by atoms with E-state index in [4.69, 9.17) is 4.98 Å². The first kappa shape index (κ1) is 17.4. The maximum Gasteiger partial charge on any atom is 0.230 e. The van der Waals surface area contributed by atoms with Crippen molar-refractivity contribution in [2.45, 2.75) is 57.1 Å². The molecule has 5 rings (SSSR count). The topological polar surface area (TPSA) is 56.7 Å². The fourth-order valence-corrected chi connectivity index (χ4v) is 6.23. The number of nitrogens with zero attached hydrogens (tertiary/aromatic N) is 3. The molecule has 1 unspecified atom stereocenters. The molecule has 1 amide bonds. The molecule has 2 aliphatic heterocycles. The Morgan fingerprint density at radius 1 is 1.11 bits per heavy atom. The monoisotopic (exact) mass is 385 g/mol. The standard InChI is InChI=1S/C21H27N3O2S/c25-16-8-6-15(7-9-16)24-13-11-21(19(24)26)10-3-12-23(14-21)20-22-17-4-1-2-5-18(17)27-20/h1-2,4-5,15-16,25H,3,6-14H2. The number of hydrogen-bond acceptors (Lipinski definition) is 5. The first-order valence-corrected chi connectivity index (χ1v) is 11.1. The molecule has 1 aliphatic carbocycles. The smallest absolute Gasteiger partial charge is 0.230 e. The van der Waals surface area contributed by atoms with Crippen molar-refractivity contribution in [3.8, 4) is 0 Å². The lowest BCUT2D eigenvalue weighted by Crippen LogP contribution is -2.50. The maximum absolute atomic E-state index is 13.4. The van der Waals surface area contributed by atoms with Gasteiger partial charge in [-0.25, -0.2) is 4.98 Å². The summed E-state index contributed by atoms with van der Waals surface area (Å²) >= 11 is 1.74. The number of anilines is 1. The normalized spacial score (nSPS) is 32.0. The van der Waals surface area contributed by atoms with E-state index in [1.807, 2.05) is 6.07 Å². The Morgan fingerprint density at radius 2 is 1.93 bits per heavy atom. The van der Waals surface area contributed by atoms with Crippen molar-refractivity contribution in [1.82, 2.24) is 9.88 Å². The van der Waals surface area contributed by atoms with Gasteiger partial charge >= 0.3 is 0 Å². The number of aliphatic hydroxyl groups is 1. The summed E-state index contributed by atoms with van der Waals surface area (Å²) in [5, 5.41) is 10.8. The van der Waals surface area contributed by atoms with Crippen molar-refractivity contribution in [3.63, 3.8) is 0 Å². The van der Waals surface area contributed by atoms with E-state index in [9.17, 15) is 9.90 Å². The second kappa shape index (κ2) is 6.74. The van der Waals surface area contributed by atoms with E-state index in [2.05, 4.69) is 28.0 Å². The number of aliphatic hydroxyl groups excluding tert-OH is 1. The fourth-order valence-electron chi connectivity index (χ4n) is 5.23. The van der Waals surface area contributed by atoms with Crippen LogP contribution in [0.4, 0.5) is 5.13 Å². The quantitative estimate of drug-likeness (QED) is 0.861. The largest absolute Gasteiger partial charge is 0.393 e. The molecule has 1 atom stereocenters. The number of fused-ring (bicyclic) bond motifs is 1. The molecule has 1 aromatic carbocycles. The van der Waals surface area contributed by atoms with Gasteiger partial charge in [-0.2, -0.15) is 0 Å². The van der Waals surface area contributed by atoms with Crippen molar-refractivity contribution in [2.24, 2.45) is 5.41 Å². The van der Waals surface area contributed by atoms with Crippen LogP contribution in [-0.4, -0.2) is 52.7 Å². The molecule has 1 aromatic heterocycles. The Morgan fingerprint density at radius 3 is 2.74 bits per heavy atom. The number of likely N-dealkylation sites (tertiary alicyclic amines) is 1. The summed E-state index contributed by atoms with van der Waals surface area (Å²) < 4.78 is 1.22. The van der Waals surface area contributed by atoms with Crippen LogP contribution in [0.15, 0.2) is 24.3 Å². The van der Waals surface area contributed by atoms with Crippen LogP contribution in [0.1, 0.15) is 44.9 Å². The highest BCUT2D eigenvalue weighted by atomic mass is 32.1. The van der Waals surface area contributed by atoms with Crippen LogP contribution in [0.3, 0.4) is 0 Å². The van der Waals surface area contributed by atoms with Gasteiger partial charge < -0.3 is 14.9 Å². The Bertz CT molecular complexity index is 812. The number of hydrogen-bond donors (Lipinski definition) is 1. The summed E-state index contributed by atoms with van der Waals surface area (Å²) in [7, 11) is 0. The Hall–Kier alpha value is -1.66. The summed E-state index contributed by atoms with van der Waals surface area (Å²) in [6.45, 7) is 2.68. The average Bonchev–Trinajstić information content (AvgIpc) is 3.25. The number of amides is 1. The molecular formula is C21H27N3O2S. The Labute approximate surface area is 164 Å². The molecule has 144 valence electrons. The second-order valence-corrected chi connectivity index (χ2v) is 9.49. The summed E-state index contributed by atoms with van der Waals surface area (Å²) in [4.78, 5) is 22.8. The van der Waals surface area contributed by atoms with Gasteiger partial charge in [0.15, 0.2) is 5.13 Å². The van der Waals surface area contributed by atoms with E-state index in [1.54, 1.807) is 11.3 Å². The van der Waals surface area contributed by atoms with Gasteiger partial charge in [-0.1, -0.05) is 23.5 Å². The molecule has 2 aromatic rings. The van der Waals surface area contributed by atoms with Gasteiger partial charge in [0.25, 0.3) is 0 Å². The Balaban J connectivity index is 1.35. The predicted octanol–water partition coefficient (Wildman–Crippen LogP) is 3.42. The van der Waals surface area contributed by atoms with E-state index < -0.39 is 0 Å². The minimum Gasteiger partial charge on any atom is -0.393 e. The van der Waals surface area contributed by atoms with Crippen LogP contribution in [-0.2, 0) is 4.79 Å². The molecule has 1 N–H and O–H groups in total. The third-order valence-electron chi connectivity index (χ3n) is 6.78. The van der Waals surface area contributed by atoms with Gasteiger partial charge in [-0.05, 0) is 57.1 Å². The SMILES string of the molecule is O=C1N(C2CCC(O)CC2)CCC12CCCN(c1nc3ccccc3s1)C2. The summed E-state index contributed by atoms with van der Waals surface area (Å²) in [5.74, 6) is 0.356. The fraction of sp³-hybridized carbons (Fsp3) is 0.619. The van der Waals surface area contributed by atoms with Crippen LogP contribution in [0.5, 0.6) is 0 Å². The number of rotatable bonds is 2. The zero-order valence-electron chi connectivity index (χ0n) is 15.6. The summed E-state index contributed by atoms with van der Waals surface area (Å²) in [6.07, 6.45) is 6.41. The minimum atomic E-state index is -0.230. The number of para-hydroxylation sites is 1. The van der Waals surface area contributed by atoms with Crippen LogP contribution in [0.2, 0.25) is 0 Å². The van der Waals surface area contributed by atoms with E-state index in [0.29, 0.717) is 11.9 Å². The van der Waals surface area contributed by atoms with Crippen molar-refractivity contribution in [2.75, 3.05) is 24.5 Å². The molecule has 3 aliphatic rings. The molecule has 2 saturated heterocycles. The van der Waals surface area contributed by atoms with Crippen LogP contribution in [0, 0.1) is 5.41 Å². The number of thiazole rings is 1. The molecule has 0 radical (unpaired) electrons. The van der Waals surface area contributed by atoms with Gasteiger partial charge in [0.2, 0.25) is 5.91 Å². The highest BCUT2D eigenvalue weighted by Gasteiger charge is 2.50. The lowest BCUT2D eigenvalue weighted by molar-refractivity contribution is -0.139. The first-order valence-electron chi connectivity index (χ1n) is 10.2. The van der Waals surface area contributed by atoms with Gasteiger partial charge in [-0.3, -0.25) is 4.79 Å². The molecular weight excluding hydrogens is 358 g/mol. The van der Waals surface area contributed by atoms with E-state index in [1.165, 1.54) is 4.70 Å². The Kier molecular flexibility index (Phi) is 4.36. The van der Waals surface area contributed by atoms with E-state index in [0.717, 1.165) is 75.2 Å². The minimum absolute atomic E-state index is 0.169. The molecule has 0 bridgehead atoms. The van der Waals surface area contributed by atoms with Crippen LogP contribution < -0.4 is 4.90 Å². The number of carbonyl (C=O) groups is 1. The highest BCUT2D eigenvalue weighted by molar-refractivity contribution is 7.22. The number of aromatic nitrogens is 1. The summed E-state index contributed by atoms with van der Waals surface area (Å²) in [6, 6.07) is 8.61. The zero-order chi connectivity index (χ0) is 18.4. The van der Waals surface area contributed by atoms with Gasteiger partial charge in [-0.15, -0.1) is 0 Å². The molecule has 1 spiro atoms. The lowest BCUT2D eigenvalue weighted by Gasteiger charge is -2.40. The number of carbonyl (C=O) groups excluding carboxylic acids is 1. The average molecular weight is 386 g/mol. The van der Waals surface area contributed by atoms with Gasteiger partial charge in [0, 0.05) is 25.7 Å². The second-order valence-electron chi connectivity index (χ2n) is 8.48. The van der Waals surface area contributed by atoms with Crippen molar-refractivity contribution >= 4 is 32.6 Å². The lowest BCUT2D eigenvalue weighted by atomic mass is 9.78. The predicted molar refractivity (Wildman–Crippen MR) is 108 cm³/mol. The van der Waals surface area contributed by atoms with E-state index in [-0.39, 0.29) is 11.5 Å². The van der Waals surface area contributed by atoms with Crippen molar-refractivity contribution < 1.29 is 9.90 Å². The number of benzene rings is 1. The summed E-state index contributed by atoms with van der Waals surface area (Å²) in [5.41, 5.74) is 0.823. The van der Waals surface area contributed by atoms with Gasteiger partial charge in [0.1, 0.15) is 0 Å². The highest BCUT2D eigenvalue weighted by Crippen LogP contribution is 2.44. The van der Waals surface area contributed by atoms with Crippen LogP contribution in [0.25, 0.3) is 10.2 Å². The maximum atomic E-state index is 13.4. The number of piperidine rings is 1. The molecule has 27 heavy (non-hydrogen) atoms. The van der Waals surface area contributed by atoms with Crippen molar-refractivity contribution in [1.29, 1.82) is 0 Å². The van der Waals surface area contributed by atoms with E-state index >= 15 is 0 Å². The molecule has 1 saturated carbocycles. The molecule has 3 heterocycles. The molecule has 5 nitrogen and oxygen atoms in total. The third-order valence-corrected chi connectivity index (χ3v) is 7.88. The third kappa shape index (κ3) is 3.03. The first-order chi connectivity index (χ1) is 13.1. The van der Waals surface area contributed by atoms with Crippen molar-refractivity contribution in [3.05, 3.63) is 24.3 Å². The molecule has 3 fully saturated rings. The van der Waals surface area contributed by atoms with Crippen LogP contribution >= 0.6 is 11.3 Å². The van der Waals surface area contributed by atoms with Gasteiger partial charge in [0.05, 0.1) is 21.7 Å².